The van der Waals surface area contributed by atoms with Crippen molar-refractivity contribution in [2.75, 3.05) is 0 Å². The molecule has 0 saturated heterocycles. The van der Waals surface area contributed by atoms with Gasteiger partial charge < -0.3 is 0 Å². The number of benzene rings is 1. The van der Waals surface area contributed by atoms with Gasteiger partial charge in [-0.1, -0.05) is 0 Å². The van der Waals surface area contributed by atoms with Crippen LogP contribution >= 0.6 is 28.1 Å². The lowest BCUT2D eigenvalue weighted by Gasteiger charge is -2.11. The molecule has 9 nitrogen and oxygen atoms in total. The number of hydrogen-bond donors (Lipinski definition) is 3. The monoisotopic (exact) mass is 423 g/mol. The third kappa shape index (κ3) is 5.02. The van der Waals surface area contributed by atoms with E-state index in [1.54, 1.807) is 0 Å². The van der Waals surface area contributed by atoms with Gasteiger partial charge in [-0.15, -0.1) is 0 Å². The predicted octanol–water partition coefficient (Wildman–Crippen LogP) is 1.70. The van der Waals surface area contributed by atoms with Crippen molar-refractivity contribution in [1.29, 1.82) is 0 Å². The van der Waals surface area contributed by atoms with Crippen LogP contribution in [0.4, 0.5) is 5.69 Å². The van der Waals surface area contributed by atoms with Crippen molar-refractivity contribution in [2.24, 2.45) is 0 Å². The van der Waals surface area contributed by atoms with Crippen molar-refractivity contribution in [3.63, 3.8) is 0 Å². The average Bonchev–Trinajstić information content (AvgIpc) is 2.60. The maximum Gasteiger partial charge on any atom is 0.270 e. The van der Waals surface area contributed by atoms with E-state index in [0.29, 0.717) is 10.0 Å². The highest BCUT2D eigenvalue weighted by molar-refractivity contribution is 9.10. The number of thiocarbonyl (C=S) groups is 1. The third-order valence-electron chi connectivity index (χ3n) is 2.86. The molecular formula is C14H10BrN5O4S. The number of carbonyl (C=O) groups is 2. The van der Waals surface area contributed by atoms with Crippen LogP contribution in [0.15, 0.2) is 47.2 Å². The number of aromatic nitrogens is 1. The normalized spacial score (nSPS) is 9.80. The van der Waals surface area contributed by atoms with Crippen LogP contribution in [0.5, 0.6) is 0 Å². The number of hydrazine groups is 1. The summed E-state index contributed by atoms with van der Waals surface area (Å²) in [4.78, 5) is 37.9. The smallest absolute Gasteiger partial charge is 0.270 e. The Balaban J connectivity index is 1.96. The Morgan fingerprint density at radius 1 is 1.12 bits per heavy atom. The minimum absolute atomic E-state index is 0.0267. The fraction of sp³-hybridized carbons (Fsp3) is 0. The lowest BCUT2D eigenvalue weighted by atomic mass is 10.2. The summed E-state index contributed by atoms with van der Waals surface area (Å²) in [6, 6.07) is 6.75. The zero-order chi connectivity index (χ0) is 18.4. The summed E-state index contributed by atoms with van der Waals surface area (Å²) in [6.45, 7) is 0. The van der Waals surface area contributed by atoms with Crippen LogP contribution in [-0.4, -0.2) is 26.8 Å². The number of nitro benzene ring substituents is 1. The third-order valence-corrected chi connectivity index (χ3v) is 3.76. The van der Waals surface area contributed by atoms with E-state index in [4.69, 9.17) is 12.2 Å². The van der Waals surface area contributed by atoms with E-state index in [1.165, 1.54) is 36.7 Å². The fourth-order valence-electron chi connectivity index (χ4n) is 1.69. The van der Waals surface area contributed by atoms with Crippen LogP contribution in [0.2, 0.25) is 0 Å². The maximum atomic E-state index is 12.2. The number of hydrogen-bond acceptors (Lipinski definition) is 6. The first-order valence-electron chi connectivity index (χ1n) is 6.64. The van der Waals surface area contributed by atoms with E-state index in [1.807, 2.05) is 0 Å². The Bertz CT molecular complexity index is 846. The number of non-ortho nitro benzene ring substituents is 1. The van der Waals surface area contributed by atoms with Crippen LogP contribution < -0.4 is 16.2 Å². The zero-order valence-corrected chi connectivity index (χ0v) is 14.8. The molecule has 25 heavy (non-hydrogen) atoms. The molecule has 2 rings (SSSR count). The summed E-state index contributed by atoms with van der Waals surface area (Å²) in [7, 11) is 0. The minimum atomic E-state index is -0.675. The maximum absolute atomic E-state index is 12.2. The van der Waals surface area contributed by atoms with Crippen LogP contribution in [0.1, 0.15) is 20.7 Å². The lowest BCUT2D eigenvalue weighted by Crippen LogP contribution is -2.48. The van der Waals surface area contributed by atoms with Gasteiger partial charge in [-0.2, -0.15) is 0 Å². The van der Waals surface area contributed by atoms with E-state index >= 15 is 0 Å². The summed E-state index contributed by atoms with van der Waals surface area (Å²) in [6.07, 6.45) is 2.91. The van der Waals surface area contributed by atoms with E-state index in [0.717, 1.165) is 6.07 Å². The Labute approximate surface area is 155 Å². The number of carbonyl (C=O) groups excluding carboxylic acids is 2. The second-order valence-electron chi connectivity index (χ2n) is 4.52. The first-order chi connectivity index (χ1) is 11.9. The molecule has 2 amide bonds. The van der Waals surface area contributed by atoms with E-state index in [9.17, 15) is 19.7 Å². The number of halogens is 1. The molecule has 3 N–H and O–H groups in total. The SMILES string of the molecule is O=C(NNC(=S)NC(=O)c1cc([N+](=O)[O-])ccc1Br)c1ccncc1. The van der Waals surface area contributed by atoms with Crippen LogP contribution in [-0.2, 0) is 0 Å². The zero-order valence-electron chi connectivity index (χ0n) is 12.4. The second-order valence-corrected chi connectivity index (χ2v) is 5.78. The molecular weight excluding hydrogens is 414 g/mol. The average molecular weight is 424 g/mol. The molecule has 128 valence electrons. The van der Waals surface area contributed by atoms with Gasteiger partial charge in [0.1, 0.15) is 0 Å². The first-order valence-corrected chi connectivity index (χ1v) is 7.84. The van der Waals surface area contributed by atoms with Gasteiger partial charge in [0.25, 0.3) is 17.5 Å². The molecule has 0 spiro atoms. The van der Waals surface area contributed by atoms with Gasteiger partial charge in [0.2, 0.25) is 0 Å². The quantitative estimate of drug-likeness (QED) is 0.389. The number of amides is 2. The van der Waals surface area contributed by atoms with Crippen molar-refractivity contribution >= 4 is 50.8 Å². The molecule has 11 heteroatoms. The summed E-state index contributed by atoms with van der Waals surface area (Å²) in [5.74, 6) is -1.15. The number of rotatable bonds is 3. The number of nitrogens with zero attached hydrogens (tertiary/aromatic N) is 2. The van der Waals surface area contributed by atoms with E-state index in [2.05, 4.69) is 37.1 Å². The van der Waals surface area contributed by atoms with Crippen molar-refractivity contribution < 1.29 is 14.5 Å². The second kappa shape index (κ2) is 8.26. The molecule has 0 aliphatic heterocycles. The predicted molar refractivity (Wildman–Crippen MR) is 95.7 cm³/mol. The van der Waals surface area contributed by atoms with Gasteiger partial charge in [-0.05, 0) is 46.3 Å². The highest BCUT2D eigenvalue weighted by Gasteiger charge is 2.16. The highest BCUT2D eigenvalue weighted by atomic mass is 79.9. The molecule has 1 heterocycles. The number of nitrogens with one attached hydrogen (secondary N) is 3. The molecule has 0 atom stereocenters. The van der Waals surface area contributed by atoms with Gasteiger partial charge in [-0.25, -0.2) is 0 Å². The van der Waals surface area contributed by atoms with Gasteiger partial charge in [0.05, 0.1) is 10.5 Å². The molecule has 0 fully saturated rings. The van der Waals surface area contributed by atoms with Crippen molar-refractivity contribution in [1.82, 2.24) is 21.2 Å². The molecule has 2 aromatic rings. The summed E-state index contributed by atoms with van der Waals surface area (Å²) in [5.41, 5.74) is 4.81. The molecule has 0 unspecified atom stereocenters. The largest absolute Gasteiger partial charge is 0.298 e. The van der Waals surface area contributed by atoms with Gasteiger partial charge in [-0.3, -0.25) is 40.9 Å². The molecule has 0 radical (unpaired) electrons. The Morgan fingerprint density at radius 3 is 2.44 bits per heavy atom. The Morgan fingerprint density at radius 2 is 1.80 bits per heavy atom. The van der Waals surface area contributed by atoms with Gasteiger partial charge in [0.15, 0.2) is 5.11 Å². The highest BCUT2D eigenvalue weighted by Crippen LogP contribution is 2.22. The van der Waals surface area contributed by atoms with Gasteiger partial charge >= 0.3 is 0 Å². The minimum Gasteiger partial charge on any atom is -0.298 e. The summed E-state index contributed by atoms with van der Waals surface area (Å²) in [5, 5.41) is 12.9. The molecule has 1 aromatic carbocycles. The fourth-order valence-corrected chi connectivity index (χ4v) is 2.26. The first kappa shape index (κ1) is 18.4. The number of nitro groups is 1. The van der Waals surface area contributed by atoms with Crippen molar-refractivity contribution in [2.45, 2.75) is 0 Å². The van der Waals surface area contributed by atoms with Crippen molar-refractivity contribution in [3.05, 3.63) is 68.4 Å². The summed E-state index contributed by atoms with van der Waals surface area (Å²) >= 11 is 8.05. The standard InChI is InChI=1S/C14H10BrN5O4S/c15-11-2-1-9(20(23)24)7-10(11)13(22)17-14(25)19-18-12(21)8-3-5-16-6-4-8/h1-7H,(H,18,21)(H2,17,19,22,25). The molecule has 1 aromatic heterocycles. The lowest BCUT2D eigenvalue weighted by molar-refractivity contribution is -0.384. The van der Waals surface area contributed by atoms with Crippen LogP contribution in [0.25, 0.3) is 0 Å². The Hall–Kier alpha value is -2.92. The molecule has 0 saturated carbocycles. The molecule has 0 bridgehead atoms. The Kier molecular flexibility index (Phi) is 6.08. The van der Waals surface area contributed by atoms with Gasteiger partial charge in [0, 0.05) is 34.6 Å². The summed E-state index contributed by atoms with van der Waals surface area (Å²) < 4.78 is 0.360. The van der Waals surface area contributed by atoms with E-state index in [-0.39, 0.29) is 16.4 Å². The number of pyridine rings is 1. The molecule has 0 aliphatic rings. The molecule has 0 aliphatic carbocycles. The van der Waals surface area contributed by atoms with Crippen LogP contribution in [0, 0.1) is 10.1 Å². The topological polar surface area (TPSA) is 126 Å². The van der Waals surface area contributed by atoms with E-state index < -0.39 is 16.7 Å². The van der Waals surface area contributed by atoms with Crippen LogP contribution in [0.3, 0.4) is 0 Å². The van der Waals surface area contributed by atoms with Crippen molar-refractivity contribution in [3.8, 4) is 0 Å².